The molecule has 0 aromatic carbocycles. The van der Waals surface area contributed by atoms with Crippen LogP contribution in [0.2, 0.25) is 0 Å². The van der Waals surface area contributed by atoms with Crippen molar-refractivity contribution < 1.29 is 0 Å². The van der Waals surface area contributed by atoms with Gasteiger partial charge in [-0.05, 0) is 34.3 Å². The van der Waals surface area contributed by atoms with Crippen molar-refractivity contribution in [2.45, 2.75) is 78.1 Å². The van der Waals surface area contributed by atoms with E-state index in [1.807, 2.05) is 0 Å². The van der Waals surface area contributed by atoms with E-state index in [-0.39, 0.29) is 0 Å². The molecule has 0 aliphatic carbocycles. The molecule has 0 aliphatic rings. The van der Waals surface area contributed by atoms with Gasteiger partial charge in [0.1, 0.15) is 0 Å². The summed E-state index contributed by atoms with van der Waals surface area (Å²) in [5.41, 5.74) is 0. The van der Waals surface area contributed by atoms with Crippen molar-refractivity contribution in [3.63, 3.8) is 0 Å². The fourth-order valence-electron chi connectivity index (χ4n) is 1.93. The van der Waals surface area contributed by atoms with Crippen molar-refractivity contribution in [1.29, 1.82) is 0 Å². The van der Waals surface area contributed by atoms with Gasteiger partial charge in [-0.15, -0.1) is 0 Å². The average Bonchev–Trinajstić information content (AvgIpc) is 2.26. The lowest BCUT2D eigenvalue weighted by atomic mass is 10.2. The molecule has 0 radical (unpaired) electrons. The summed E-state index contributed by atoms with van der Waals surface area (Å²) in [6.45, 7) is 4.59. The van der Waals surface area contributed by atoms with Gasteiger partial charge in [0.05, 0.1) is 12.3 Å². The summed E-state index contributed by atoms with van der Waals surface area (Å²) in [5.74, 6) is 0. The van der Waals surface area contributed by atoms with Crippen LogP contribution in [0.25, 0.3) is 0 Å². The molecule has 0 unspecified atom stereocenters. The van der Waals surface area contributed by atoms with E-state index in [0.29, 0.717) is 0 Å². The van der Waals surface area contributed by atoms with E-state index in [4.69, 9.17) is 0 Å². The van der Waals surface area contributed by atoms with Crippen LogP contribution < -0.4 is 0 Å². The molecule has 0 aromatic rings. The van der Waals surface area contributed by atoms with E-state index in [9.17, 15) is 0 Å². The molecule has 1 heteroatoms. The number of hydrogen-bond donors (Lipinski definition) is 0. The highest BCUT2D eigenvalue weighted by Gasteiger charge is 1.96. The third kappa shape index (κ3) is 14.4. The lowest BCUT2D eigenvalue weighted by molar-refractivity contribution is 0.653. The van der Waals surface area contributed by atoms with Crippen LogP contribution in [-0.4, -0.2) is 12.3 Å². The Balaban J connectivity index is 2.81. The number of unbranched alkanes of at least 4 members (excludes halogenated alkanes) is 8. The lowest BCUT2D eigenvalue weighted by Crippen LogP contribution is -1.84. The summed E-state index contributed by atoms with van der Waals surface area (Å²) in [5, 5.41) is 0. The lowest BCUT2D eigenvalue weighted by Gasteiger charge is -1.98. The van der Waals surface area contributed by atoms with Crippen molar-refractivity contribution in [2.75, 3.05) is 12.3 Å². The van der Waals surface area contributed by atoms with Gasteiger partial charge in [-0.1, -0.05) is 52.4 Å². The molecule has 0 aromatic heterocycles. The number of rotatable bonds is 12. The van der Waals surface area contributed by atoms with Gasteiger partial charge in [0, 0.05) is 0 Å². The first-order valence-corrected chi connectivity index (χ1v) is 8.86. The maximum absolute atomic E-state index is 2.29. The average molecular weight is 231 g/mol. The van der Waals surface area contributed by atoms with Gasteiger partial charge in [0.15, 0.2) is 0 Å². The Morgan fingerprint density at radius 2 is 0.933 bits per heavy atom. The molecule has 0 rings (SSSR count). The summed E-state index contributed by atoms with van der Waals surface area (Å²) in [6.07, 6.45) is 17.8. The normalized spacial score (nSPS) is 10.8. The maximum Gasteiger partial charge on any atom is 0.0549 e. The second-order valence-electron chi connectivity index (χ2n) is 4.69. The Labute approximate surface area is 99.4 Å². The molecule has 15 heavy (non-hydrogen) atoms. The van der Waals surface area contributed by atoms with Gasteiger partial charge >= 0.3 is 0 Å². The smallest absolute Gasteiger partial charge is 0.0549 e. The molecule has 0 amide bonds. The quantitative estimate of drug-likeness (QED) is 0.314. The Morgan fingerprint density at radius 3 is 1.33 bits per heavy atom. The minimum atomic E-state index is 0.799. The maximum atomic E-state index is 2.29. The molecule has 0 spiro atoms. The van der Waals surface area contributed by atoms with Gasteiger partial charge in [-0.2, -0.15) is 0 Å². The topological polar surface area (TPSA) is 0 Å². The predicted molar refractivity (Wildman–Crippen MR) is 77.0 cm³/mol. The van der Waals surface area contributed by atoms with Crippen LogP contribution in [0.3, 0.4) is 0 Å². The second-order valence-corrected chi connectivity index (χ2v) is 6.43. The van der Waals surface area contributed by atoms with Crippen LogP contribution in [0.5, 0.6) is 0 Å². The Kier molecular flexibility index (Phi) is 14.8. The fourth-order valence-corrected chi connectivity index (χ4v) is 3.37. The molecule has 0 aliphatic heterocycles. The summed E-state index contributed by atoms with van der Waals surface area (Å²) >= 11 is 0. The van der Waals surface area contributed by atoms with Gasteiger partial charge in [0.25, 0.3) is 0 Å². The van der Waals surface area contributed by atoms with Crippen molar-refractivity contribution in [1.82, 2.24) is 0 Å². The van der Waals surface area contributed by atoms with Crippen LogP contribution in [0.4, 0.5) is 0 Å². The monoisotopic (exact) mass is 231 g/mol. The van der Waals surface area contributed by atoms with E-state index in [0.717, 1.165) is 8.58 Å². The van der Waals surface area contributed by atoms with Crippen LogP contribution in [-0.2, 0) is 0 Å². The van der Waals surface area contributed by atoms with Crippen LogP contribution in [0, 0.1) is 0 Å². The minimum Gasteiger partial charge on any atom is -0.0654 e. The van der Waals surface area contributed by atoms with Crippen molar-refractivity contribution in [3.8, 4) is 0 Å². The Hall–Kier alpha value is 0.430. The first-order chi connectivity index (χ1) is 7.41. The third-order valence-corrected chi connectivity index (χ3v) is 4.66. The second kappa shape index (κ2) is 14.4. The molecule has 0 fully saturated rings. The zero-order chi connectivity index (χ0) is 11.2. The first kappa shape index (κ1) is 15.4. The van der Waals surface area contributed by atoms with E-state index in [1.54, 1.807) is 12.3 Å². The largest absolute Gasteiger partial charge is 0.0654 e. The Morgan fingerprint density at radius 1 is 0.533 bits per heavy atom. The zero-order valence-electron chi connectivity index (χ0n) is 11.1. The number of hydrogen-bond acceptors (Lipinski definition) is 0. The van der Waals surface area contributed by atoms with E-state index < -0.39 is 0 Å². The van der Waals surface area contributed by atoms with Crippen molar-refractivity contribution in [2.24, 2.45) is 0 Å². The van der Waals surface area contributed by atoms with Gasteiger partial charge < -0.3 is 0 Å². The van der Waals surface area contributed by atoms with Crippen LogP contribution in [0.1, 0.15) is 78.1 Å². The van der Waals surface area contributed by atoms with E-state index >= 15 is 0 Å². The fraction of sp³-hybridized carbons (Fsp3) is 1.00. The third-order valence-electron chi connectivity index (χ3n) is 3.02. The molecular formula is C14H32P+. The standard InChI is InChI=1S/C14H31P/c1-3-5-7-9-11-13-15-14-12-10-8-6-4-2/h15H,3-14H2,1-2H3/p+1. The van der Waals surface area contributed by atoms with Crippen molar-refractivity contribution >= 4 is 8.58 Å². The van der Waals surface area contributed by atoms with E-state index in [1.165, 1.54) is 64.2 Å². The predicted octanol–water partition coefficient (Wildman–Crippen LogP) is 5.34. The highest BCUT2D eigenvalue weighted by atomic mass is 31.1. The SMILES string of the molecule is CCCCCCC[PH2+]CCCCCCC. The van der Waals surface area contributed by atoms with E-state index in [2.05, 4.69) is 13.8 Å². The van der Waals surface area contributed by atoms with Crippen LogP contribution in [0.15, 0.2) is 0 Å². The Bertz CT molecular complexity index is 89.5. The van der Waals surface area contributed by atoms with Gasteiger partial charge in [0.2, 0.25) is 0 Å². The van der Waals surface area contributed by atoms with Crippen molar-refractivity contribution in [3.05, 3.63) is 0 Å². The molecule has 0 N–H and O–H groups in total. The minimum absolute atomic E-state index is 0.799. The molecular weight excluding hydrogens is 199 g/mol. The van der Waals surface area contributed by atoms with Gasteiger partial charge in [-0.25, -0.2) is 0 Å². The summed E-state index contributed by atoms with van der Waals surface area (Å²) in [7, 11) is 0.799. The highest BCUT2D eigenvalue weighted by molar-refractivity contribution is 7.37. The summed E-state index contributed by atoms with van der Waals surface area (Å²) in [6, 6.07) is 0. The molecule has 0 nitrogen and oxygen atoms in total. The molecule has 0 bridgehead atoms. The summed E-state index contributed by atoms with van der Waals surface area (Å²) < 4.78 is 0. The molecule has 92 valence electrons. The summed E-state index contributed by atoms with van der Waals surface area (Å²) in [4.78, 5) is 0. The van der Waals surface area contributed by atoms with Gasteiger partial charge in [-0.3, -0.25) is 0 Å². The zero-order valence-corrected chi connectivity index (χ0v) is 12.2. The molecule has 0 atom stereocenters. The van der Waals surface area contributed by atoms with Crippen LogP contribution >= 0.6 is 8.58 Å². The molecule has 0 saturated carbocycles. The highest BCUT2D eigenvalue weighted by Crippen LogP contribution is 2.17. The molecule has 0 saturated heterocycles. The molecule has 0 heterocycles. The first-order valence-electron chi connectivity index (χ1n) is 7.23.